The lowest BCUT2D eigenvalue weighted by Crippen LogP contribution is -2.19. The van der Waals surface area contributed by atoms with Crippen molar-refractivity contribution in [3.63, 3.8) is 0 Å². The zero-order valence-electron chi connectivity index (χ0n) is 13.0. The number of aromatic amines is 1. The minimum Gasteiger partial charge on any atom is -0.332 e. The summed E-state index contributed by atoms with van der Waals surface area (Å²) in [6, 6.07) is 8.85. The Hall–Kier alpha value is -2.80. The molecular weight excluding hydrogens is 329 g/mol. The van der Waals surface area contributed by atoms with Gasteiger partial charge in [-0.1, -0.05) is 6.07 Å². The van der Waals surface area contributed by atoms with Crippen LogP contribution in [0.25, 0.3) is 10.9 Å². The number of rotatable bonds is 2. The highest BCUT2D eigenvalue weighted by Crippen LogP contribution is 2.18. The third-order valence-electron chi connectivity index (χ3n) is 3.81. The standard InChI is InChI=1S/C17H14FN3O2S/c1-9-3-5-11(18)8-13(9)19-15(22)10-4-6-12-14(7-10)20-17(24)21(2)16(12)23/h3-8H,1-2H3,(H,19,22)(H,20,24). The van der Waals surface area contributed by atoms with Crippen molar-refractivity contribution in [2.24, 2.45) is 7.05 Å². The van der Waals surface area contributed by atoms with E-state index in [1.807, 2.05) is 0 Å². The summed E-state index contributed by atoms with van der Waals surface area (Å²) in [5.74, 6) is -0.826. The number of aromatic nitrogens is 2. The van der Waals surface area contributed by atoms with Gasteiger partial charge in [-0.3, -0.25) is 14.2 Å². The molecular formula is C17H14FN3O2S. The molecule has 0 radical (unpaired) electrons. The molecule has 0 fully saturated rings. The van der Waals surface area contributed by atoms with Gasteiger partial charge in [0.2, 0.25) is 0 Å². The zero-order valence-corrected chi connectivity index (χ0v) is 13.8. The molecule has 0 saturated heterocycles. The van der Waals surface area contributed by atoms with Crippen LogP contribution in [0.3, 0.4) is 0 Å². The first kappa shape index (κ1) is 16.1. The molecule has 7 heteroatoms. The van der Waals surface area contributed by atoms with Crippen molar-refractivity contribution in [3.8, 4) is 0 Å². The summed E-state index contributed by atoms with van der Waals surface area (Å²) in [6.07, 6.45) is 0. The molecule has 122 valence electrons. The molecule has 0 aliphatic rings. The summed E-state index contributed by atoms with van der Waals surface area (Å²) in [6.45, 7) is 1.77. The molecule has 2 N–H and O–H groups in total. The molecule has 1 heterocycles. The second kappa shape index (κ2) is 6.01. The average Bonchev–Trinajstić information content (AvgIpc) is 2.55. The first-order valence-corrected chi connectivity index (χ1v) is 7.58. The third-order valence-corrected chi connectivity index (χ3v) is 4.19. The normalized spacial score (nSPS) is 10.8. The Morgan fingerprint density at radius 1 is 1.25 bits per heavy atom. The van der Waals surface area contributed by atoms with Crippen molar-refractivity contribution in [1.82, 2.24) is 9.55 Å². The van der Waals surface area contributed by atoms with Crippen LogP contribution in [0, 0.1) is 17.5 Å². The number of halogens is 1. The van der Waals surface area contributed by atoms with Crippen LogP contribution in [-0.4, -0.2) is 15.5 Å². The van der Waals surface area contributed by atoms with Crippen LogP contribution in [0.15, 0.2) is 41.2 Å². The summed E-state index contributed by atoms with van der Waals surface area (Å²) >= 11 is 5.08. The summed E-state index contributed by atoms with van der Waals surface area (Å²) in [5.41, 5.74) is 1.73. The smallest absolute Gasteiger partial charge is 0.261 e. The van der Waals surface area contributed by atoms with E-state index in [1.165, 1.54) is 16.7 Å². The van der Waals surface area contributed by atoms with Crippen molar-refractivity contribution < 1.29 is 9.18 Å². The number of nitrogens with one attached hydrogen (secondary N) is 2. The quantitative estimate of drug-likeness (QED) is 0.702. The fourth-order valence-electron chi connectivity index (χ4n) is 2.37. The van der Waals surface area contributed by atoms with Gasteiger partial charge in [-0.05, 0) is 55.0 Å². The number of amides is 1. The molecule has 0 spiro atoms. The molecule has 0 aliphatic heterocycles. The van der Waals surface area contributed by atoms with Crippen LogP contribution in [0.4, 0.5) is 10.1 Å². The van der Waals surface area contributed by atoms with Crippen molar-refractivity contribution >= 4 is 34.7 Å². The van der Waals surface area contributed by atoms with Gasteiger partial charge in [0.25, 0.3) is 11.5 Å². The van der Waals surface area contributed by atoms with Crippen LogP contribution in [0.1, 0.15) is 15.9 Å². The highest BCUT2D eigenvalue weighted by molar-refractivity contribution is 7.71. The van der Waals surface area contributed by atoms with Crippen LogP contribution in [0.5, 0.6) is 0 Å². The van der Waals surface area contributed by atoms with Crippen LogP contribution in [-0.2, 0) is 7.05 Å². The maximum atomic E-state index is 13.3. The fourth-order valence-corrected chi connectivity index (χ4v) is 2.56. The Kier molecular flexibility index (Phi) is 4.02. The Bertz CT molecular complexity index is 1090. The molecule has 5 nitrogen and oxygen atoms in total. The molecule has 2 aromatic carbocycles. The first-order valence-electron chi connectivity index (χ1n) is 7.17. The second-order valence-electron chi connectivity index (χ2n) is 5.47. The number of fused-ring (bicyclic) bond motifs is 1. The largest absolute Gasteiger partial charge is 0.332 e. The fraction of sp³-hybridized carbons (Fsp3) is 0.118. The highest BCUT2D eigenvalue weighted by atomic mass is 32.1. The van der Waals surface area contributed by atoms with E-state index in [0.717, 1.165) is 5.56 Å². The number of benzene rings is 2. The van der Waals surface area contributed by atoms with E-state index in [4.69, 9.17) is 12.2 Å². The van der Waals surface area contributed by atoms with Gasteiger partial charge in [0, 0.05) is 18.3 Å². The number of nitrogens with zero attached hydrogens (tertiary/aromatic N) is 1. The topological polar surface area (TPSA) is 66.9 Å². The summed E-state index contributed by atoms with van der Waals surface area (Å²) < 4.78 is 14.9. The van der Waals surface area contributed by atoms with E-state index >= 15 is 0 Å². The van der Waals surface area contributed by atoms with Gasteiger partial charge >= 0.3 is 0 Å². The van der Waals surface area contributed by atoms with E-state index in [1.54, 1.807) is 38.2 Å². The minimum absolute atomic E-state index is 0.235. The van der Waals surface area contributed by atoms with Crippen molar-refractivity contribution in [2.45, 2.75) is 6.92 Å². The summed E-state index contributed by atoms with van der Waals surface area (Å²) in [5, 5.41) is 3.11. The molecule has 1 amide bonds. The number of H-pyrrole nitrogens is 1. The molecule has 0 atom stereocenters. The maximum Gasteiger partial charge on any atom is 0.261 e. The Balaban J connectivity index is 2.02. The van der Waals surface area contributed by atoms with E-state index < -0.39 is 11.7 Å². The van der Waals surface area contributed by atoms with Gasteiger partial charge in [0.1, 0.15) is 5.82 Å². The SMILES string of the molecule is Cc1ccc(F)cc1NC(=O)c1ccc2c(=O)n(C)c(=S)[nH]c2c1. The number of carbonyl (C=O) groups excluding carboxylic acids is 1. The summed E-state index contributed by atoms with van der Waals surface area (Å²) in [7, 11) is 1.58. The predicted octanol–water partition coefficient (Wildman–Crippen LogP) is 3.30. The molecule has 3 aromatic rings. The van der Waals surface area contributed by atoms with Crippen molar-refractivity contribution in [1.29, 1.82) is 0 Å². The molecule has 24 heavy (non-hydrogen) atoms. The zero-order chi connectivity index (χ0) is 17.4. The highest BCUT2D eigenvalue weighted by Gasteiger charge is 2.11. The van der Waals surface area contributed by atoms with Crippen LogP contribution >= 0.6 is 12.2 Å². The maximum absolute atomic E-state index is 13.3. The summed E-state index contributed by atoms with van der Waals surface area (Å²) in [4.78, 5) is 27.5. The van der Waals surface area contributed by atoms with Gasteiger partial charge in [-0.15, -0.1) is 0 Å². The lowest BCUT2D eigenvalue weighted by Gasteiger charge is -2.09. The van der Waals surface area contributed by atoms with Gasteiger partial charge in [-0.2, -0.15) is 0 Å². The minimum atomic E-state index is -0.429. The first-order chi connectivity index (χ1) is 11.4. The van der Waals surface area contributed by atoms with Gasteiger partial charge in [0.05, 0.1) is 10.9 Å². The lowest BCUT2D eigenvalue weighted by molar-refractivity contribution is 0.102. The average molecular weight is 343 g/mol. The monoisotopic (exact) mass is 343 g/mol. The second-order valence-corrected chi connectivity index (χ2v) is 5.85. The number of aryl methyl sites for hydroxylation is 1. The van der Waals surface area contributed by atoms with E-state index in [-0.39, 0.29) is 10.3 Å². The molecule has 0 unspecified atom stereocenters. The van der Waals surface area contributed by atoms with Crippen LogP contribution < -0.4 is 10.9 Å². The molecule has 3 rings (SSSR count). The Morgan fingerprint density at radius 2 is 2.00 bits per heavy atom. The third kappa shape index (κ3) is 2.85. The Morgan fingerprint density at radius 3 is 2.75 bits per heavy atom. The van der Waals surface area contributed by atoms with Crippen molar-refractivity contribution in [2.75, 3.05) is 5.32 Å². The van der Waals surface area contributed by atoms with E-state index in [0.29, 0.717) is 22.2 Å². The van der Waals surface area contributed by atoms with Gasteiger partial charge in [-0.25, -0.2) is 4.39 Å². The number of hydrogen-bond acceptors (Lipinski definition) is 3. The molecule has 1 aromatic heterocycles. The van der Waals surface area contributed by atoms with E-state index in [9.17, 15) is 14.0 Å². The number of hydrogen-bond donors (Lipinski definition) is 2. The molecule has 0 saturated carbocycles. The van der Waals surface area contributed by atoms with Gasteiger partial charge < -0.3 is 10.3 Å². The Labute approximate surface area is 141 Å². The lowest BCUT2D eigenvalue weighted by atomic mass is 10.1. The van der Waals surface area contributed by atoms with E-state index in [2.05, 4.69) is 10.3 Å². The van der Waals surface area contributed by atoms with Crippen LogP contribution in [0.2, 0.25) is 0 Å². The number of carbonyl (C=O) groups is 1. The molecule has 0 aliphatic carbocycles. The molecule has 0 bridgehead atoms. The number of anilines is 1. The van der Waals surface area contributed by atoms with Gasteiger partial charge in [0.15, 0.2) is 4.77 Å². The predicted molar refractivity (Wildman–Crippen MR) is 93.5 cm³/mol. The van der Waals surface area contributed by atoms with Crippen molar-refractivity contribution in [3.05, 3.63) is 68.5 Å².